The molecule has 0 saturated heterocycles. The Bertz CT molecular complexity index is 785. The van der Waals surface area contributed by atoms with Gasteiger partial charge >= 0.3 is 0 Å². The molecule has 2 aromatic rings. The molecule has 0 aliphatic heterocycles. The molecule has 1 aromatic heterocycles. The molecule has 0 saturated carbocycles. The van der Waals surface area contributed by atoms with Gasteiger partial charge in [0.25, 0.3) is 11.2 Å². The lowest BCUT2D eigenvalue weighted by atomic mass is 10.1. The molecule has 1 N–H and O–H groups in total. The van der Waals surface area contributed by atoms with Crippen LogP contribution in [0.4, 0.5) is 5.69 Å². The van der Waals surface area contributed by atoms with Gasteiger partial charge in [0.15, 0.2) is 5.75 Å². The Morgan fingerprint density at radius 2 is 1.84 bits per heavy atom. The Balaban J connectivity index is 2.14. The van der Waals surface area contributed by atoms with E-state index in [9.17, 15) is 14.9 Å². The highest BCUT2D eigenvalue weighted by atomic mass is 16.6. The summed E-state index contributed by atoms with van der Waals surface area (Å²) in [5.41, 5.74) is -0.190. The standard InChI is InChI=1S/C18H24N2O5/c1-3-4-5-6-7-8-11-25-17-16(24-2)14-10-9-13(20(22)23)12-15(14)19-18(17)21/h9-10,12H,3-8,11H2,1-2H3,(H,19,21). The first-order chi connectivity index (χ1) is 12.1. The van der Waals surface area contributed by atoms with Gasteiger partial charge in [-0.05, 0) is 12.5 Å². The molecular weight excluding hydrogens is 324 g/mol. The molecule has 136 valence electrons. The molecule has 0 unspecified atom stereocenters. The quantitative estimate of drug-likeness (QED) is 0.395. The van der Waals surface area contributed by atoms with Gasteiger partial charge in [0.1, 0.15) is 0 Å². The molecule has 0 bridgehead atoms. The fourth-order valence-corrected chi connectivity index (χ4v) is 2.74. The number of H-pyrrole nitrogens is 1. The maximum Gasteiger partial charge on any atom is 0.294 e. The largest absolute Gasteiger partial charge is 0.492 e. The number of hydrogen-bond acceptors (Lipinski definition) is 5. The summed E-state index contributed by atoms with van der Waals surface area (Å²) in [6.45, 7) is 2.61. The topological polar surface area (TPSA) is 94.5 Å². The number of non-ortho nitro benzene ring substituents is 1. The highest BCUT2D eigenvalue weighted by Crippen LogP contribution is 2.33. The predicted molar refractivity (Wildman–Crippen MR) is 96.6 cm³/mol. The van der Waals surface area contributed by atoms with E-state index in [1.54, 1.807) is 6.07 Å². The number of nitro benzene ring substituents is 1. The number of unbranched alkanes of at least 4 members (excludes halogenated alkanes) is 5. The minimum atomic E-state index is -0.507. The number of pyridine rings is 1. The van der Waals surface area contributed by atoms with E-state index in [-0.39, 0.29) is 11.4 Å². The number of aromatic amines is 1. The van der Waals surface area contributed by atoms with Gasteiger partial charge in [-0.1, -0.05) is 39.0 Å². The highest BCUT2D eigenvalue weighted by Gasteiger charge is 2.17. The van der Waals surface area contributed by atoms with Crippen molar-refractivity contribution in [1.82, 2.24) is 4.98 Å². The lowest BCUT2D eigenvalue weighted by Crippen LogP contribution is -2.14. The van der Waals surface area contributed by atoms with Crippen LogP contribution in [0.1, 0.15) is 45.4 Å². The molecule has 1 aromatic carbocycles. The van der Waals surface area contributed by atoms with Gasteiger partial charge in [0.05, 0.1) is 24.2 Å². The molecule has 1 heterocycles. The van der Waals surface area contributed by atoms with Crippen molar-refractivity contribution in [2.24, 2.45) is 0 Å². The van der Waals surface area contributed by atoms with Crippen LogP contribution in [0.3, 0.4) is 0 Å². The first-order valence-corrected chi connectivity index (χ1v) is 8.59. The monoisotopic (exact) mass is 348 g/mol. The summed E-state index contributed by atoms with van der Waals surface area (Å²) in [7, 11) is 1.45. The zero-order chi connectivity index (χ0) is 18.2. The van der Waals surface area contributed by atoms with Gasteiger partial charge in [-0.15, -0.1) is 0 Å². The van der Waals surface area contributed by atoms with E-state index in [1.165, 1.54) is 38.5 Å². The second-order valence-electron chi connectivity index (χ2n) is 5.92. The third-order valence-corrected chi connectivity index (χ3v) is 4.07. The number of nitro groups is 1. The van der Waals surface area contributed by atoms with E-state index >= 15 is 0 Å². The fourth-order valence-electron chi connectivity index (χ4n) is 2.74. The summed E-state index contributed by atoms with van der Waals surface area (Å²) in [6.07, 6.45) is 6.75. The number of rotatable bonds is 10. The van der Waals surface area contributed by atoms with Gasteiger partial charge in [0, 0.05) is 17.5 Å². The zero-order valence-electron chi connectivity index (χ0n) is 14.7. The Hall–Kier alpha value is -2.57. The van der Waals surface area contributed by atoms with E-state index < -0.39 is 10.5 Å². The van der Waals surface area contributed by atoms with E-state index in [1.807, 2.05) is 0 Å². The molecule has 0 amide bonds. The summed E-state index contributed by atoms with van der Waals surface area (Å²) >= 11 is 0. The van der Waals surface area contributed by atoms with Crippen molar-refractivity contribution in [3.63, 3.8) is 0 Å². The number of aromatic nitrogens is 1. The number of benzene rings is 1. The number of nitrogens with one attached hydrogen (secondary N) is 1. The zero-order valence-corrected chi connectivity index (χ0v) is 14.7. The van der Waals surface area contributed by atoms with Crippen molar-refractivity contribution in [2.75, 3.05) is 13.7 Å². The number of hydrogen-bond donors (Lipinski definition) is 1. The van der Waals surface area contributed by atoms with Gasteiger partial charge < -0.3 is 14.5 Å². The third kappa shape index (κ3) is 4.71. The molecule has 0 aliphatic rings. The second kappa shape index (κ2) is 9.05. The summed E-state index contributed by atoms with van der Waals surface area (Å²) < 4.78 is 11.0. The Labute approximate surface area is 146 Å². The van der Waals surface area contributed by atoms with Gasteiger partial charge in [-0.3, -0.25) is 14.9 Å². The third-order valence-electron chi connectivity index (χ3n) is 4.07. The number of nitrogens with zero attached hydrogens (tertiary/aromatic N) is 1. The lowest BCUT2D eigenvalue weighted by Gasteiger charge is -2.12. The van der Waals surface area contributed by atoms with Crippen LogP contribution in [-0.4, -0.2) is 23.6 Å². The van der Waals surface area contributed by atoms with Crippen LogP contribution in [0.15, 0.2) is 23.0 Å². The summed E-state index contributed by atoms with van der Waals surface area (Å²) in [5.74, 6) is 0.428. The molecule has 0 radical (unpaired) electrons. The molecule has 7 nitrogen and oxygen atoms in total. The average molecular weight is 348 g/mol. The van der Waals surface area contributed by atoms with Crippen LogP contribution >= 0.6 is 0 Å². The number of fused-ring (bicyclic) bond motifs is 1. The van der Waals surface area contributed by atoms with Crippen molar-refractivity contribution >= 4 is 16.6 Å². The highest BCUT2D eigenvalue weighted by molar-refractivity contribution is 5.88. The van der Waals surface area contributed by atoms with Gasteiger partial charge in [0.2, 0.25) is 5.75 Å². The first-order valence-electron chi connectivity index (χ1n) is 8.59. The molecule has 25 heavy (non-hydrogen) atoms. The minimum absolute atomic E-state index is 0.0917. The van der Waals surface area contributed by atoms with Crippen molar-refractivity contribution in [3.05, 3.63) is 38.7 Å². The van der Waals surface area contributed by atoms with E-state index in [2.05, 4.69) is 11.9 Å². The molecule has 0 atom stereocenters. The van der Waals surface area contributed by atoms with Crippen LogP contribution < -0.4 is 15.0 Å². The van der Waals surface area contributed by atoms with Crippen molar-refractivity contribution in [3.8, 4) is 11.5 Å². The summed E-state index contributed by atoms with van der Waals surface area (Å²) in [6, 6.07) is 4.25. The smallest absolute Gasteiger partial charge is 0.294 e. The van der Waals surface area contributed by atoms with E-state index in [4.69, 9.17) is 9.47 Å². The maximum absolute atomic E-state index is 12.3. The fraction of sp³-hybridized carbons (Fsp3) is 0.500. The van der Waals surface area contributed by atoms with Gasteiger partial charge in [-0.2, -0.15) is 0 Å². The Kier molecular flexibility index (Phi) is 6.80. The molecule has 0 fully saturated rings. The molecular formula is C18H24N2O5. The molecule has 2 rings (SSSR count). The van der Waals surface area contributed by atoms with Gasteiger partial charge in [-0.25, -0.2) is 0 Å². The van der Waals surface area contributed by atoms with Crippen LogP contribution in [0.2, 0.25) is 0 Å². The van der Waals surface area contributed by atoms with E-state index in [0.717, 1.165) is 19.3 Å². The van der Waals surface area contributed by atoms with Crippen LogP contribution in [0, 0.1) is 10.1 Å². The maximum atomic E-state index is 12.3. The number of ether oxygens (including phenoxy) is 2. The van der Waals surface area contributed by atoms with Crippen molar-refractivity contribution in [2.45, 2.75) is 45.4 Å². The Morgan fingerprint density at radius 1 is 1.12 bits per heavy atom. The normalized spacial score (nSPS) is 10.8. The van der Waals surface area contributed by atoms with Crippen LogP contribution in [-0.2, 0) is 0 Å². The molecule has 7 heteroatoms. The van der Waals surface area contributed by atoms with E-state index in [0.29, 0.717) is 23.3 Å². The minimum Gasteiger partial charge on any atom is -0.492 e. The lowest BCUT2D eigenvalue weighted by molar-refractivity contribution is -0.384. The van der Waals surface area contributed by atoms with Crippen LogP contribution in [0.5, 0.6) is 11.5 Å². The second-order valence-corrected chi connectivity index (χ2v) is 5.92. The first kappa shape index (κ1) is 18.8. The van der Waals surface area contributed by atoms with Crippen molar-refractivity contribution in [1.29, 1.82) is 0 Å². The summed E-state index contributed by atoms with van der Waals surface area (Å²) in [5, 5.41) is 11.5. The Morgan fingerprint density at radius 3 is 2.52 bits per heavy atom. The predicted octanol–water partition coefficient (Wildman–Crippen LogP) is 4.18. The average Bonchev–Trinajstić information content (AvgIpc) is 2.60. The SMILES string of the molecule is CCCCCCCCOc1c(OC)c2ccc([N+](=O)[O-])cc2[nH]c1=O. The molecule has 0 spiro atoms. The molecule has 0 aliphatic carbocycles. The van der Waals surface area contributed by atoms with Crippen LogP contribution in [0.25, 0.3) is 10.9 Å². The number of methoxy groups -OCH3 is 1. The summed E-state index contributed by atoms with van der Waals surface area (Å²) in [4.78, 5) is 25.3. The van der Waals surface area contributed by atoms with Crippen molar-refractivity contribution < 1.29 is 14.4 Å².